The van der Waals surface area contributed by atoms with Crippen molar-refractivity contribution < 1.29 is 4.39 Å². The van der Waals surface area contributed by atoms with Crippen LogP contribution in [-0.4, -0.2) is 0 Å². The average molecular weight is 304 g/mol. The molecule has 0 aliphatic carbocycles. The Morgan fingerprint density at radius 1 is 1.24 bits per heavy atom. The Kier molecular flexibility index (Phi) is 3.35. The first kappa shape index (κ1) is 13.9. The number of nitrogen functional groups attached to an aromatic ring is 1. The minimum absolute atomic E-state index is 0.344. The first-order valence-corrected chi connectivity index (χ1v) is 6.93. The van der Waals surface area contributed by atoms with Gasteiger partial charge in [-0.25, -0.2) is 4.39 Å². The van der Waals surface area contributed by atoms with Crippen molar-refractivity contribution in [3.05, 3.63) is 64.1 Å². The van der Waals surface area contributed by atoms with Crippen LogP contribution in [0.1, 0.15) is 22.9 Å². The van der Waals surface area contributed by atoms with Crippen LogP contribution in [-0.2, 0) is 0 Å². The third-order valence-corrected chi connectivity index (χ3v) is 3.98. The van der Waals surface area contributed by atoms with Crippen molar-refractivity contribution in [3.8, 4) is 0 Å². The third kappa shape index (κ3) is 2.26. The molecule has 0 bridgehead atoms. The number of hydrogen-bond donors (Lipinski definition) is 2. The Labute approximate surface area is 127 Å². The Bertz CT molecular complexity index is 743. The van der Waals surface area contributed by atoms with E-state index >= 15 is 0 Å². The predicted octanol–water partition coefficient (Wildman–Crippen LogP) is 3.82. The Hall–Kier alpha value is -2.04. The first-order valence-electron chi connectivity index (χ1n) is 6.55. The largest absolute Gasteiger partial charge is 0.398 e. The molecule has 4 N–H and O–H groups in total. The number of fused-ring (bicyclic) bond motifs is 1. The summed E-state index contributed by atoms with van der Waals surface area (Å²) in [5.74, 6) is -0.372. The van der Waals surface area contributed by atoms with Gasteiger partial charge in [0, 0.05) is 22.5 Å². The molecule has 0 saturated carbocycles. The van der Waals surface area contributed by atoms with Gasteiger partial charge in [-0.15, -0.1) is 0 Å². The molecule has 2 aromatic carbocycles. The topological polar surface area (TPSA) is 55.3 Å². The molecule has 1 heterocycles. The van der Waals surface area contributed by atoms with Crippen LogP contribution in [0.15, 0.2) is 36.5 Å². The maximum Gasteiger partial charge on any atom is 0.146 e. The van der Waals surface area contributed by atoms with Gasteiger partial charge in [0.2, 0.25) is 0 Å². The van der Waals surface area contributed by atoms with Gasteiger partial charge in [0.15, 0.2) is 0 Å². The standard InChI is InChI=1S/C16H15ClFN3/c1-9-2-4-12-11(15(9)19)6-7-21(16(12)20)14-8-10(17)3-5-13(14)18/h2-8,16H,19-20H2,1H3. The van der Waals surface area contributed by atoms with Gasteiger partial charge in [-0.1, -0.05) is 23.7 Å². The molecule has 0 aromatic heterocycles. The fourth-order valence-corrected chi connectivity index (χ4v) is 2.68. The highest BCUT2D eigenvalue weighted by molar-refractivity contribution is 6.30. The van der Waals surface area contributed by atoms with E-state index in [0.29, 0.717) is 16.4 Å². The summed E-state index contributed by atoms with van der Waals surface area (Å²) in [4.78, 5) is 1.65. The summed E-state index contributed by atoms with van der Waals surface area (Å²) in [6, 6.07) is 8.24. The van der Waals surface area contributed by atoms with Crippen molar-refractivity contribution in [2.24, 2.45) is 5.73 Å². The number of nitrogens with two attached hydrogens (primary N) is 2. The fraction of sp³-hybridized carbons (Fsp3) is 0.125. The summed E-state index contributed by atoms with van der Waals surface area (Å²) < 4.78 is 14.0. The van der Waals surface area contributed by atoms with Gasteiger partial charge in [-0.2, -0.15) is 0 Å². The van der Waals surface area contributed by atoms with E-state index in [1.807, 2.05) is 25.1 Å². The molecule has 108 valence electrons. The summed E-state index contributed by atoms with van der Waals surface area (Å²) in [6.07, 6.45) is 3.07. The van der Waals surface area contributed by atoms with Gasteiger partial charge in [-0.05, 0) is 42.3 Å². The van der Waals surface area contributed by atoms with E-state index in [1.165, 1.54) is 12.1 Å². The molecule has 1 aliphatic rings. The molecule has 3 rings (SSSR count). The van der Waals surface area contributed by atoms with Crippen LogP contribution in [0.4, 0.5) is 15.8 Å². The molecule has 21 heavy (non-hydrogen) atoms. The maximum atomic E-state index is 14.0. The van der Waals surface area contributed by atoms with Crippen molar-refractivity contribution in [3.63, 3.8) is 0 Å². The first-order chi connectivity index (χ1) is 9.99. The van der Waals surface area contributed by atoms with Gasteiger partial charge in [0.1, 0.15) is 12.0 Å². The van der Waals surface area contributed by atoms with Crippen LogP contribution in [0.25, 0.3) is 6.08 Å². The Balaban J connectivity index is 2.10. The summed E-state index contributed by atoms with van der Waals surface area (Å²) >= 11 is 5.95. The van der Waals surface area contributed by atoms with Crippen molar-refractivity contribution in [1.29, 1.82) is 0 Å². The number of hydrogen-bond acceptors (Lipinski definition) is 3. The highest BCUT2D eigenvalue weighted by Gasteiger charge is 2.24. The highest BCUT2D eigenvalue weighted by Crippen LogP contribution is 2.36. The molecular weight excluding hydrogens is 289 g/mol. The van der Waals surface area contributed by atoms with Crippen LogP contribution in [0, 0.1) is 12.7 Å². The average Bonchev–Trinajstić information content (AvgIpc) is 2.46. The fourth-order valence-electron chi connectivity index (χ4n) is 2.52. The van der Waals surface area contributed by atoms with E-state index in [9.17, 15) is 4.39 Å². The minimum atomic E-state index is -0.513. The second-order valence-electron chi connectivity index (χ2n) is 5.06. The number of nitrogens with zero attached hydrogens (tertiary/aromatic N) is 1. The quantitative estimate of drug-likeness (QED) is 0.788. The second-order valence-corrected chi connectivity index (χ2v) is 5.50. The lowest BCUT2D eigenvalue weighted by molar-refractivity contribution is 0.611. The lowest BCUT2D eigenvalue weighted by Crippen LogP contribution is -2.33. The molecule has 0 radical (unpaired) electrons. The number of halogens is 2. The number of rotatable bonds is 1. The highest BCUT2D eigenvalue weighted by atomic mass is 35.5. The zero-order valence-electron chi connectivity index (χ0n) is 11.5. The molecule has 0 fully saturated rings. The lowest BCUT2D eigenvalue weighted by atomic mass is 9.96. The van der Waals surface area contributed by atoms with Crippen LogP contribution in [0.2, 0.25) is 5.02 Å². The zero-order chi connectivity index (χ0) is 15.1. The van der Waals surface area contributed by atoms with E-state index in [-0.39, 0.29) is 5.82 Å². The molecule has 0 saturated heterocycles. The molecule has 2 aromatic rings. The summed E-state index contributed by atoms with van der Waals surface area (Å²) in [5.41, 5.74) is 16.1. The number of aryl methyl sites for hydroxylation is 1. The second kappa shape index (κ2) is 5.06. The summed E-state index contributed by atoms with van der Waals surface area (Å²) in [5, 5.41) is 0.459. The zero-order valence-corrected chi connectivity index (χ0v) is 12.2. The van der Waals surface area contributed by atoms with E-state index in [4.69, 9.17) is 23.1 Å². The van der Waals surface area contributed by atoms with Gasteiger partial charge in [0.05, 0.1) is 5.69 Å². The van der Waals surface area contributed by atoms with E-state index in [2.05, 4.69) is 0 Å². The molecular formula is C16H15ClFN3. The third-order valence-electron chi connectivity index (χ3n) is 3.75. The van der Waals surface area contributed by atoms with Crippen molar-refractivity contribution in [2.75, 3.05) is 10.6 Å². The summed E-state index contributed by atoms with van der Waals surface area (Å²) in [7, 11) is 0. The van der Waals surface area contributed by atoms with Gasteiger partial charge >= 0.3 is 0 Å². The van der Waals surface area contributed by atoms with Crippen LogP contribution >= 0.6 is 11.6 Å². The normalized spacial score (nSPS) is 17.0. The molecule has 0 spiro atoms. The predicted molar refractivity (Wildman–Crippen MR) is 85.4 cm³/mol. The Morgan fingerprint density at radius 3 is 2.76 bits per heavy atom. The molecule has 5 heteroatoms. The molecule has 1 unspecified atom stereocenters. The monoisotopic (exact) mass is 303 g/mol. The molecule has 1 atom stereocenters. The van der Waals surface area contributed by atoms with Crippen molar-refractivity contribution in [1.82, 2.24) is 0 Å². The van der Waals surface area contributed by atoms with Gasteiger partial charge in [0.25, 0.3) is 0 Å². The molecule has 0 amide bonds. The Morgan fingerprint density at radius 2 is 2.00 bits per heavy atom. The van der Waals surface area contributed by atoms with E-state index in [0.717, 1.165) is 16.7 Å². The van der Waals surface area contributed by atoms with Crippen LogP contribution in [0.3, 0.4) is 0 Å². The number of benzene rings is 2. The molecule has 3 nitrogen and oxygen atoms in total. The van der Waals surface area contributed by atoms with E-state index in [1.54, 1.807) is 17.2 Å². The van der Waals surface area contributed by atoms with Crippen molar-refractivity contribution >= 4 is 29.1 Å². The van der Waals surface area contributed by atoms with Crippen LogP contribution < -0.4 is 16.4 Å². The smallest absolute Gasteiger partial charge is 0.146 e. The van der Waals surface area contributed by atoms with Gasteiger partial charge in [-0.3, -0.25) is 0 Å². The maximum absolute atomic E-state index is 14.0. The number of anilines is 2. The van der Waals surface area contributed by atoms with Crippen molar-refractivity contribution in [2.45, 2.75) is 13.1 Å². The van der Waals surface area contributed by atoms with Crippen LogP contribution in [0.5, 0.6) is 0 Å². The SMILES string of the molecule is Cc1ccc2c(c1N)C=CN(c1cc(Cl)ccc1F)C2N. The lowest BCUT2D eigenvalue weighted by Gasteiger charge is -2.33. The van der Waals surface area contributed by atoms with Gasteiger partial charge < -0.3 is 16.4 Å². The minimum Gasteiger partial charge on any atom is -0.398 e. The summed E-state index contributed by atoms with van der Waals surface area (Å²) in [6.45, 7) is 1.94. The molecule has 1 aliphatic heterocycles. The van der Waals surface area contributed by atoms with E-state index < -0.39 is 6.17 Å².